The normalized spacial score (nSPS) is 13.1. The quantitative estimate of drug-likeness (QED) is 0.431. The SMILES string of the molecule is Cc1nc2cc(C(=O)N3CCc4ccccc43)ccc2n1-c1ccc(Br)cc1. The maximum absolute atomic E-state index is 13.1. The van der Waals surface area contributed by atoms with Gasteiger partial charge in [-0.25, -0.2) is 4.98 Å². The van der Waals surface area contributed by atoms with Crippen LogP contribution in [0.15, 0.2) is 71.2 Å². The minimum Gasteiger partial charge on any atom is -0.308 e. The van der Waals surface area contributed by atoms with Crippen molar-refractivity contribution in [2.75, 3.05) is 11.4 Å². The molecule has 0 radical (unpaired) electrons. The van der Waals surface area contributed by atoms with Crippen molar-refractivity contribution in [2.24, 2.45) is 0 Å². The number of nitrogens with zero attached hydrogens (tertiary/aromatic N) is 3. The largest absolute Gasteiger partial charge is 0.308 e. The summed E-state index contributed by atoms with van der Waals surface area (Å²) in [4.78, 5) is 19.7. The number of imidazole rings is 1. The first-order valence-electron chi connectivity index (χ1n) is 9.26. The van der Waals surface area contributed by atoms with Crippen molar-refractivity contribution in [3.8, 4) is 5.69 Å². The Morgan fingerprint density at radius 1 is 1.04 bits per heavy atom. The van der Waals surface area contributed by atoms with E-state index >= 15 is 0 Å². The van der Waals surface area contributed by atoms with E-state index in [9.17, 15) is 4.79 Å². The van der Waals surface area contributed by atoms with Gasteiger partial charge in [0.25, 0.3) is 5.91 Å². The summed E-state index contributed by atoms with van der Waals surface area (Å²) in [5.41, 5.74) is 5.80. The van der Waals surface area contributed by atoms with Crippen molar-refractivity contribution in [1.29, 1.82) is 0 Å². The number of aryl methyl sites for hydroxylation is 1. The number of halogens is 1. The molecule has 1 aliphatic rings. The van der Waals surface area contributed by atoms with Crippen molar-refractivity contribution < 1.29 is 4.79 Å². The summed E-state index contributed by atoms with van der Waals surface area (Å²) in [6.45, 7) is 2.71. The third kappa shape index (κ3) is 2.74. The van der Waals surface area contributed by atoms with E-state index in [1.165, 1.54) is 5.56 Å². The number of hydrogen-bond acceptors (Lipinski definition) is 2. The van der Waals surface area contributed by atoms with Crippen molar-refractivity contribution in [3.63, 3.8) is 0 Å². The second-order valence-corrected chi connectivity index (χ2v) is 7.93. The molecule has 0 saturated heterocycles. The Labute approximate surface area is 171 Å². The van der Waals surface area contributed by atoms with Gasteiger partial charge in [-0.1, -0.05) is 34.1 Å². The summed E-state index contributed by atoms with van der Waals surface area (Å²) in [6, 6.07) is 22.1. The van der Waals surface area contributed by atoms with E-state index < -0.39 is 0 Å². The van der Waals surface area contributed by atoms with Crippen LogP contribution in [0.2, 0.25) is 0 Å². The van der Waals surface area contributed by atoms with E-state index in [0.717, 1.165) is 45.7 Å². The van der Waals surface area contributed by atoms with Gasteiger partial charge >= 0.3 is 0 Å². The first-order chi connectivity index (χ1) is 13.6. The van der Waals surface area contributed by atoms with E-state index in [4.69, 9.17) is 4.98 Å². The van der Waals surface area contributed by atoms with Gasteiger partial charge in [-0.2, -0.15) is 0 Å². The standard InChI is InChI=1S/C23H18BrN3O/c1-15-25-20-14-17(23(28)26-13-12-16-4-2-3-5-21(16)26)6-11-22(20)27(15)19-9-7-18(24)8-10-19/h2-11,14H,12-13H2,1H3. The minimum atomic E-state index is 0.0303. The monoisotopic (exact) mass is 431 g/mol. The van der Waals surface area contributed by atoms with Crippen LogP contribution in [0.25, 0.3) is 16.7 Å². The molecule has 4 aromatic rings. The van der Waals surface area contributed by atoms with E-state index in [2.05, 4.69) is 38.7 Å². The molecule has 0 N–H and O–H groups in total. The number of anilines is 1. The summed E-state index contributed by atoms with van der Waals surface area (Å²) < 4.78 is 3.15. The number of fused-ring (bicyclic) bond motifs is 2. The molecule has 3 aromatic carbocycles. The first kappa shape index (κ1) is 17.2. The highest BCUT2D eigenvalue weighted by Gasteiger charge is 2.25. The van der Waals surface area contributed by atoms with E-state index in [-0.39, 0.29) is 5.91 Å². The van der Waals surface area contributed by atoms with Crippen LogP contribution >= 0.6 is 15.9 Å². The molecule has 0 aliphatic carbocycles. The summed E-state index contributed by atoms with van der Waals surface area (Å²) >= 11 is 3.48. The molecule has 0 saturated carbocycles. The fourth-order valence-electron chi connectivity index (χ4n) is 3.95. The Bertz CT molecular complexity index is 1210. The topological polar surface area (TPSA) is 38.1 Å². The van der Waals surface area contributed by atoms with Crippen molar-refractivity contribution >= 4 is 38.6 Å². The van der Waals surface area contributed by atoms with Gasteiger partial charge in [-0.15, -0.1) is 0 Å². The fraction of sp³-hybridized carbons (Fsp3) is 0.130. The summed E-state index contributed by atoms with van der Waals surface area (Å²) in [7, 11) is 0. The molecule has 0 bridgehead atoms. The first-order valence-corrected chi connectivity index (χ1v) is 10.1. The molecule has 1 aliphatic heterocycles. The van der Waals surface area contributed by atoms with Crippen molar-refractivity contribution in [1.82, 2.24) is 9.55 Å². The second kappa shape index (κ2) is 6.60. The van der Waals surface area contributed by atoms with Crippen molar-refractivity contribution in [2.45, 2.75) is 13.3 Å². The molecule has 0 unspecified atom stereocenters. The van der Waals surface area contributed by atoms with Gasteiger partial charge in [-0.05, 0) is 67.4 Å². The third-order valence-corrected chi connectivity index (χ3v) is 5.81. The molecule has 5 rings (SSSR count). The zero-order valence-corrected chi connectivity index (χ0v) is 17.0. The smallest absolute Gasteiger partial charge is 0.258 e. The minimum absolute atomic E-state index is 0.0303. The van der Waals surface area contributed by atoms with Gasteiger partial charge in [0.1, 0.15) is 5.82 Å². The Morgan fingerprint density at radius 2 is 1.82 bits per heavy atom. The van der Waals surface area contributed by atoms with E-state index in [1.807, 2.05) is 60.4 Å². The second-order valence-electron chi connectivity index (χ2n) is 7.01. The number of rotatable bonds is 2. The van der Waals surface area contributed by atoms with E-state index in [0.29, 0.717) is 5.56 Å². The predicted molar refractivity (Wildman–Crippen MR) is 115 cm³/mol. The van der Waals surface area contributed by atoms with Gasteiger partial charge in [-0.3, -0.25) is 9.36 Å². The zero-order chi connectivity index (χ0) is 19.3. The number of carbonyl (C=O) groups is 1. The molecule has 138 valence electrons. The highest BCUT2D eigenvalue weighted by Crippen LogP contribution is 2.30. The molecule has 0 spiro atoms. The maximum atomic E-state index is 13.1. The average molecular weight is 432 g/mol. The molecule has 2 heterocycles. The van der Waals surface area contributed by atoms with Gasteiger partial charge in [0.15, 0.2) is 0 Å². The van der Waals surface area contributed by atoms with E-state index in [1.54, 1.807) is 0 Å². The fourth-order valence-corrected chi connectivity index (χ4v) is 4.22. The van der Waals surface area contributed by atoms with Gasteiger partial charge in [0.2, 0.25) is 0 Å². The highest BCUT2D eigenvalue weighted by molar-refractivity contribution is 9.10. The molecule has 1 aromatic heterocycles. The number of benzene rings is 3. The van der Waals surface area contributed by atoms with Crippen LogP contribution in [0.4, 0.5) is 5.69 Å². The molecule has 0 atom stereocenters. The molecule has 28 heavy (non-hydrogen) atoms. The highest BCUT2D eigenvalue weighted by atomic mass is 79.9. The Kier molecular flexibility index (Phi) is 4.05. The lowest BCUT2D eigenvalue weighted by Crippen LogP contribution is -2.28. The van der Waals surface area contributed by atoms with Crippen LogP contribution in [0.1, 0.15) is 21.7 Å². The third-order valence-electron chi connectivity index (χ3n) is 5.29. The van der Waals surface area contributed by atoms with Crippen LogP contribution in [-0.2, 0) is 6.42 Å². The van der Waals surface area contributed by atoms with Gasteiger partial charge in [0, 0.05) is 28.0 Å². The van der Waals surface area contributed by atoms with Crippen LogP contribution in [0.5, 0.6) is 0 Å². The zero-order valence-electron chi connectivity index (χ0n) is 15.4. The molecule has 5 heteroatoms. The molecular weight excluding hydrogens is 414 g/mol. The van der Waals surface area contributed by atoms with Crippen LogP contribution in [0, 0.1) is 6.92 Å². The van der Waals surface area contributed by atoms with Crippen molar-refractivity contribution in [3.05, 3.63) is 88.2 Å². The van der Waals surface area contributed by atoms with Crippen LogP contribution in [0.3, 0.4) is 0 Å². The Balaban J connectivity index is 1.55. The molecular formula is C23H18BrN3O. The number of hydrogen-bond donors (Lipinski definition) is 0. The summed E-state index contributed by atoms with van der Waals surface area (Å²) in [5.74, 6) is 0.927. The lowest BCUT2D eigenvalue weighted by atomic mass is 10.1. The number of carbonyl (C=O) groups excluding carboxylic acids is 1. The summed E-state index contributed by atoms with van der Waals surface area (Å²) in [5, 5.41) is 0. The Hall–Kier alpha value is -2.92. The molecule has 4 nitrogen and oxygen atoms in total. The molecule has 1 amide bonds. The predicted octanol–water partition coefficient (Wildman–Crippen LogP) is 5.30. The number of amides is 1. The summed E-state index contributed by atoms with van der Waals surface area (Å²) in [6.07, 6.45) is 0.904. The van der Waals surface area contributed by atoms with Gasteiger partial charge < -0.3 is 4.90 Å². The molecule has 0 fully saturated rings. The van der Waals surface area contributed by atoms with Crippen LogP contribution in [-0.4, -0.2) is 22.0 Å². The lowest BCUT2D eigenvalue weighted by molar-refractivity contribution is 0.0989. The van der Waals surface area contributed by atoms with Crippen LogP contribution < -0.4 is 4.90 Å². The average Bonchev–Trinajstić information content (AvgIpc) is 3.28. The maximum Gasteiger partial charge on any atom is 0.258 e. The van der Waals surface area contributed by atoms with Gasteiger partial charge in [0.05, 0.1) is 11.0 Å². The Morgan fingerprint density at radius 3 is 2.64 bits per heavy atom. The number of para-hydroxylation sites is 1. The lowest BCUT2D eigenvalue weighted by Gasteiger charge is -2.17. The number of aromatic nitrogens is 2.